The zero-order chi connectivity index (χ0) is 16.2. The quantitative estimate of drug-likeness (QED) is 0.544. The molecule has 0 aliphatic rings. The highest BCUT2D eigenvalue weighted by atomic mass is 35.5. The zero-order valence-electron chi connectivity index (χ0n) is 11.8. The van der Waals surface area contributed by atoms with Gasteiger partial charge in [-0.15, -0.1) is 20.4 Å². The molecule has 0 fully saturated rings. The minimum Gasteiger partial charge on any atom is -0.420 e. The Morgan fingerprint density at radius 2 is 2.22 bits per heavy atom. The molecular formula is C13H10ClN5O2S2. The monoisotopic (exact) mass is 367 g/mol. The average Bonchev–Trinajstić information content (AvgIpc) is 3.14. The normalized spacial score (nSPS) is 10.7. The number of thioether (sulfide) groups is 1. The summed E-state index contributed by atoms with van der Waals surface area (Å²) >= 11 is 8.63. The van der Waals surface area contributed by atoms with Crippen LogP contribution in [-0.2, 0) is 10.5 Å². The van der Waals surface area contributed by atoms with E-state index in [1.165, 1.54) is 30.0 Å². The van der Waals surface area contributed by atoms with Crippen LogP contribution in [0.15, 0.2) is 33.0 Å². The number of rotatable bonds is 5. The Morgan fingerprint density at radius 3 is 3.00 bits per heavy atom. The number of halogens is 1. The molecule has 0 atom stereocenters. The molecule has 1 N–H and O–H groups in total. The number of anilines is 1. The lowest BCUT2D eigenvalue weighted by Gasteiger charge is -1.95. The van der Waals surface area contributed by atoms with Gasteiger partial charge in [-0.25, -0.2) is 0 Å². The second kappa shape index (κ2) is 7.07. The van der Waals surface area contributed by atoms with E-state index in [9.17, 15) is 4.79 Å². The highest BCUT2D eigenvalue weighted by Gasteiger charge is 2.11. The van der Waals surface area contributed by atoms with Crippen molar-refractivity contribution >= 4 is 45.7 Å². The van der Waals surface area contributed by atoms with E-state index in [0.717, 1.165) is 5.56 Å². The van der Waals surface area contributed by atoms with Crippen LogP contribution in [0.2, 0.25) is 5.02 Å². The summed E-state index contributed by atoms with van der Waals surface area (Å²) in [4.78, 5) is 10.9. The maximum atomic E-state index is 10.9. The molecule has 0 spiro atoms. The summed E-state index contributed by atoms with van der Waals surface area (Å²) in [5.41, 5.74) is 0.769. The highest BCUT2D eigenvalue weighted by molar-refractivity contribution is 8.00. The minimum absolute atomic E-state index is 0.180. The summed E-state index contributed by atoms with van der Waals surface area (Å²) in [6.45, 7) is 1.42. The minimum atomic E-state index is -0.180. The molecule has 10 heteroatoms. The topological polar surface area (TPSA) is 93.8 Å². The highest BCUT2D eigenvalue weighted by Crippen LogP contribution is 2.29. The average molecular weight is 368 g/mol. The molecule has 0 radical (unpaired) electrons. The van der Waals surface area contributed by atoms with Gasteiger partial charge in [0.2, 0.25) is 22.8 Å². The summed E-state index contributed by atoms with van der Waals surface area (Å²) in [5, 5.41) is 19.5. The Balaban J connectivity index is 1.63. The Hall–Kier alpha value is -1.97. The van der Waals surface area contributed by atoms with Crippen molar-refractivity contribution in [1.29, 1.82) is 0 Å². The molecule has 3 rings (SSSR count). The van der Waals surface area contributed by atoms with E-state index in [-0.39, 0.29) is 5.91 Å². The number of hydrogen-bond acceptors (Lipinski definition) is 8. The largest absolute Gasteiger partial charge is 0.420 e. The van der Waals surface area contributed by atoms with Crippen molar-refractivity contribution in [1.82, 2.24) is 20.4 Å². The number of carbonyl (C=O) groups is 1. The molecule has 2 aromatic heterocycles. The van der Waals surface area contributed by atoms with Crippen LogP contribution in [0.3, 0.4) is 0 Å². The fourth-order valence-electron chi connectivity index (χ4n) is 1.64. The fraction of sp³-hybridized carbons (Fsp3) is 0.154. The van der Waals surface area contributed by atoms with Gasteiger partial charge in [0.15, 0.2) is 4.34 Å². The number of aromatic nitrogens is 4. The second-order valence-electron chi connectivity index (χ2n) is 4.35. The zero-order valence-corrected chi connectivity index (χ0v) is 14.2. The summed E-state index contributed by atoms with van der Waals surface area (Å²) in [5.74, 6) is 1.17. The van der Waals surface area contributed by atoms with Gasteiger partial charge in [0, 0.05) is 17.5 Å². The molecule has 0 bridgehead atoms. The standard InChI is InChI=1S/C13H10ClN5O2S2/c1-7(20)15-12-18-19-13(23-12)22-6-10-16-17-11(21-10)8-3-2-4-9(14)5-8/h2-5H,6H2,1H3,(H,15,18,20). The third-order valence-corrected chi connectivity index (χ3v) is 4.74. The third kappa shape index (κ3) is 4.27. The first kappa shape index (κ1) is 15.9. The van der Waals surface area contributed by atoms with E-state index in [0.29, 0.717) is 32.0 Å². The predicted molar refractivity (Wildman–Crippen MR) is 88.5 cm³/mol. The molecule has 0 aliphatic heterocycles. The maximum absolute atomic E-state index is 10.9. The number of benzene rings is 1. The summed E-state index contributed by atoms with van der Waals surface area (Å²) in [6.07, 6.45) is 0. The molecule has 0 aliphatic carbocycles. The van der Waals surface area contributed by atoms with Gasteiger partial charge >= 0.3 is 0 Å². The van der Waals surface area contributed by atoms with Gasteiger partial charge in [-0.2, -0.15) is 0 Å². The van der Waals surface area contributed by atoms with Crippen LogP contribution in [0.4, 0.5) is 5.13 Å². The Bertz CT molecular complexity index is 835. The maximum Gasteiger partial charge on any atom is 0.247 e. The van der Waals surface area contributed by atoms with Gasteiger partial charge < -0.3 is 9.73 Å². The van der Waals surface area contributed by atoms with Gasteiger partial charge in [0.25, 0.3) is 0 Å². The first-order valence-electron chi connectivity index (χ1n) is 6.42. The molecular weight excluding hydrogens is 358 g/mol. The Kier molecular flexibility index (Phi) is 4.89. The number of carbonyl (C=O) groups excluding carboxylic acids is 1. The number of hydrogen-bond donors (Lipinski definition) is 1. The number of nitrogens with zero attached hydrogens (tertiary/aromatic N) is 4. The SMILES string of the molecule is CC(=O)Nc1nnc(SCc2nnc(-c3cccc(Cl)c3)o2)s1. The van der Waals surface area contributed by atoms with E-state index in [4.69, 9.17) is 16.0 Å². The second-order valence-corrected chi connectivity index (χ2v) is 6.99. The van der Waals surface area contributed by atoms with E-state index in [1.54, 1.807) is 12.1 Å². The molecule has 7 nitrogen and oxygen atoms in total. The van der Waals surface area contributed by atoms with E-state index < -0.39 is 0 Å². The third-order valence-electron chi connectivity index (χ3n) is 2.55. The van der Waals surface area contributed by atoms with E-state index in [2.05, 4.69) is 25.7 Å². The van der Waals surface area contributed by atoms with Crippen LogP contribution < -0.4 is 5.32 Å². The summed E-state index contributed by atoms with van der Waals surface area (Å²) < 4.78 is 6.31. The van der Waals surface area contributed by atoms with Crippen LogP contribution in [0, 0.1) is 0 Å². The van der Waals surface area contributed by atoms with Crippen molar-refractivity contribution in [2.45, 2.75) is 17.0 Å². The lowest BCUT2D eigenvalue weighted by atomic mass is 10.2. The lowest BCUT2D eigenvalue weighted by molar-refractivity contribution is -0.114. The van der Waals surface area contributed by atoms with Crippen LogP contribution in [0.25, 0.3) is 11.5 Å². The molecule has 0 unspecified atom stereocenters. The smallest absolute Gasteiger partial charge is 0.247 e. The lowest BCUT2D eigenvalue weighted by Crippen LogP contribution is -2.04. The number of amides is 1. The molecule has 2 heterocycles. The van der Waals surface area contributed by atoms with Gasteiger partial charge in [-0.1, -0.05) is 40.8 Å². The van der Waals surface area contributed by atoms with Gasteiger partial charge in [0.1, 0.15) is 0 Å². The van der Waals surface area contributed by atoms with Crippen molar-refractivity contribution in [3.05, 3.63) is 35.2 Å². The van der Waals surface area contributed by atoms with Crippen molar-refractivity contribution < 1.29 is 9.21 Å². The van der Waals surface area contributed by atoms with Crippen LogP contribution in [0.5, 0.6) is 0 Å². The van der Waals surface area contributed by atoms with Gasteiger partial charge in [-0.3, -0.25) is 4.79 Å². The molecule has 118 valence electrons. The Labute approximate surface area is 144 Å². The molecule has 0 saturated carbocycles. The first-order chi connectivity index (χ1) is 11.1. The van der Waals surface area contributed by atoms with Gasteiger partial charge in [0.05, 0.1) is 5.75 Å². The predicted octanol–water partition coefficient (Wildman–Crippen LogP) is 3.49. The van der Waals surface area contributed by atoms with Crippen LogP contribution >= 0.6 is 34.7 Å². The summed E-state index contributed by atoms with van der Waals surface area (Å²) in [6, 6.07) is 7.21. The van der Waals surface area contributed by atoms with Crippen molar-refractivity contribution in [2.24, 2.45) is 0 Å². The van der Waals surface area contributed by atoms with Crippen LogP contribution in [0.1, 0.15) is 12.8 Å². The first-order valence-corrected chi connectivity index (χ1v) is 8.60. The fourth-order valence-corrected chi connectivity index (χ4v) is 3.47. The van der Waals surface area contributed by atoms with Gasteiger partial charge in [-0.05, 0) is 18.2 Å². The van der Waals surface area contributed by atoms with Crippen LogP contribution in [-0.4, -0.2) is 26.3 Å². The molecule has 0 saturated heterocycles. The van der Waals surface area contributed by atoms with Crippen molar-refractivity contribution in [3.8, 4) is 11.5 Å². The molecule has 1 aromatic carbocycles. The van der Waals surface area contributed by atoms with E-state index >= 15 is 0 Å². The number of nitrogens with one attached hydrogen (secondary N) is 1. The molecule has 1 amide bonds. The van der Waals surface area contributed by atoms with Crippen molar-refractivity contribution in [3.63, 3.8) is 0 Å². The summed E-state index contributed by atoms with van der Waals surface area (Å²) in [7, 11) is 0. The molecule has 23 heavy (non-hydrogen) atoms. The Morgan fingerprint density at radius 1 is 1.35 bits per heavy atom. The van der Waals surface area contributed by atoms with E-state index in [1.807, 2.05) is 12.1 Å². The molecule has 3 aromatic rings. The van der Waals surface area contributed by atoms with Crippen molar-refractivity contribution in [2.75, 3.05) is 5.32 Å².